The molecule has 0 saturated heterocycles. The monoisotopic (exact) mass is 472 g/mol. The van der Waals surface area contributed by atoms with E-state index < -0.39 is 0 Å². The molecule has 0 radical (unpaired) electrons. The van der Waals surface area contributed by atoms with Crippen molar-refractivity contribution >= 4 is 23.3 Å². The van der Waals surface area contributed by atoms with E-state index in [0.29, 0.717) is 36.0 Å². The van der Waals surface area contributed by atoms with Gasteiger partial charge in [-0.2, -0.15) is 0 Å². The maximum atomic E-state index is 12.5. The molecule has 8 heteroatoms. The van der Waals surface area contributed by atoms with Crippen LogP contribution in [0.25, 0.3) is 11.7 Å². The summed E-state index contributed by atoms with van der Waals surface area (Å²) in [4.78, 5) is 25.0. The summed E-state index contributed by atoms with van der Waals surface area (Å²) in [6.45, 7) is 3.04. The molecule has 0 aliphatic carbocycles. The maximum absolute atomic E-state index is 12.5. The van der Waals surface area contributed by atoms with Crippen LogP contribution in [-0.2, 0) is 11.3 Å². The summed E-state index contributed by atoms with van der Waals surface area (Å²) in [5.74, 6) is 1.04. The summed E-state index contributed by atoms with van der Waals surface area (Å²) in [5, 5.41) is 7.21. The standard InChI is InChI=1S/C27H28N4O4/c1-3-4-16-35-23-13-11-20(18-24(23)34-2)12-14-26(32)28-22-9-7-8-21(17-22)19-31-27(33)30-15-6-5-10-25(30)29-31/h5-15,17-18H,3-4,16,19H2,1-2H3,(H,28,32). The first-order valence-corrected chi connectivity index (χ1v) is 11.5. The topological polar surface area (TPSA) is 86.9 Å². The Hall–Kier alpha value is -4.33. The molecular formula is C27H28N4O4. The van der Waals surface area contributed by atoms with Gasteiger partial charge in [-0.25, -0.2) is 9.48 Å². The fraction of sp³-hybridized carbons (Fsp3) is 0.222. The van der Waals surface area contributed by atoms with Crippen molar-refractivity contribution in [1.29, 1.82) is 0 Å². The van der Waals surface area contributed by atoms with Crippen LogP contribution in [0.4, 0.5) is 5.69 Å². The van der Waals surface area contributed by atoms with Gasteiger partial charge in [0, 0.05) is 18.0 Å². The fourth-order valence-electron chi connectivity index (χ4n) is 3.58. The second-order valence-corrected chi connectivity index (χ2v) is 8.00. The van der Waals surface area contributed by atoms with Gasteiger partial charge in [0.15, 0.2) is 17.1 Å². The van der Waals surface area contributed by atoms with Crippen molar-refractivity contribution in [2.75, 3.05) is 19.0 Å². The van der Waals surface area contributed by atoms with E-state index >= 15 is 0 Å². The molecule has 0 aliphatic heterocycles. The highest BCUT2D eigenvalue weighted by Gasteiger charge is 2.08. The number of carbonyl (C=O) groups is 1. The van der Waals surface area contributed by atoms with Crippen LogP contribution in [0.1, 0.15) is 30.9 Å². The van der Waals surface area contributed by atoms with Crippen molar-refractivity contribution in [3.05, 3.63) is 94.5 Å². The third kappa shape index (κ3) is 5.97. The van der Waals surface area contributed by atoms with Crippen LogP contribution >= 0.6 is 0 Å². The third-order valence-corrected chi connectivity index (χ3v) is 5.39. The molecule has 0 aliphatic rings. The first-order chi connectivity index (χ1) is 17.1. The molecule has 0 bridgehead atoms. The predicted octanol–water partition coefficient (Wildman–Crippen LogP) is 4.38. The number of fused-ring (bicyclic) bond motifs is 1. The summed E-state index contributed by atoms with van der Waals surface area (Å²) in [7, 11) is 1.59. The Bertz CT molecular complexity index is 1400. The number of nitrogens with zero attached hydrogens (tertiary/aromatic N) is 3. The average Bonchev–Trinajstić information content (AvgIpc) is 3.18. The second-order valence-electron chi connectivity index (χ2n) is 8.00. The molecule has 2 aromatic heterocycles. The van der Waals surface area contributed by atoms with Gasteiger partial charge in [0.05, 0.1) is 20.3 Å². The average molecular weight is 473 g/mol. The minimum atomic E-state index is -0.269. The van der Waals surface area contributed by atoms with Crippen LogP contribution in [0.15, 0.2) is 77.7 Å². The Morgan fingerprint density at radius 3 is 2.77 bits per heavy atom. The zero-order valence-corrected chi connectivity index (χ0v) is 19.8. The van der Waals surface area contributed by atoms with Crippen molar-refractivity contribution < 1.29 is 14.3 Å². The largest absolute Gasteiger partial charge is 0.493 e. The highest BCUT2D eigenvalue weighted by atomic mass is 16.5. The number of anilines is 1. The number of nitrogens with one attached hydrogen (secondary N) is 1. The molecule has 0 atom stereocenters. The number of amides is 1. The van der Waals surface area contributed by atoms with Crippen molar-refractivity contribution in [1.82, 2.24) is 14.2 Å². The number of carbonyl (C=O) groups excluding carboxylic acids is 1. The number of unbranched alkanes of at least 4 members (excludes halogenated alkanes) is 1. The smallest absolute Gasteiger partial charge is 0.350 e. The van der Waals surface area contributed by atoms with E-state index in [2.05, 4.69) is 17.3 Å². The zero-order chi connectivity index (χ0) is 24.6. The van der Waals surface area contributed by atoms with Gasteiger partial charge in [0.1, 0.15) is 0 Å². The SMILES string of the molecule is CCCCOc1ccc(C=CC(=O)Nc2cccc(Cn3nc4ccccn4c3=O)c2)cc1OC. The normalized spacial score (nSPS) is 11.1. The van der Waals surface area contributed by atoms with Crippen LogP contribution in [0.3, 0.4) is 0 Å². The van der Waals surface area contributed by atoms with Crippen molar-refractivity contribution in [2.45, 2.75) is 26.3 Å². The summed E-state index contributed by atoms with van der Waals surface area (Å²) >= 11 is 0. The molecule has 0 fully saturated rings. The molecule has 4 aromatic rings. The number of hydrogen-bond donors (Lipinski definition) is 1. The van der Waals surface area contributed by atoms with Crippen LogP contribution in [0.5, 0.6) is 11.5 Å². The van der Waals surface area contributed by atoms with Crippen molar-refractivity contribution in [3.8, 4) is 11.5 Å². The zero-order valence-electron chi connectivity index (χ0n) is 19.8. The number of rotatable bonds is 10. The van der Waals surface area contributed by atoms with Gasteiger partial charge < -0.3 is 14.8 Å². The first kappa shape index (κ1) is 23.8. The first-order valence-electron chi connectivity index (χ1n) is 11.5. The minimum Gasteiger partial charge on any atom is -0.493 e. The van der Waals surface area contributed by atoms with Crippen LogP contribution in [0.2, 0.25) is 0 Å². The quantitative estimate of drug-likeness (QED) is 0.273. The molecule has 0 saturated carbocycles. The molecular weight excluding hydrogens is 444 g/mol. The molecule has 2 heterocycles. The lowest BCUT2D eigenvalue weighted by molar-refractivity contribution is -0.111. The molecule has 1 amide bonds. The number of aromatic nitrogens is 3. The van der Waals surface area contributed by atoms with E-state index in [4.69, 9.17) is 9.47 Å². The highest BCUT2D eigenvalue weighted by molar-refractivity contribution is 6.02. The summed E-state index contributed by atoms with van der Waals surface area (Å²) in [6, 6.07) is 18.3. The second kappa shape index (κ2) is 11.2. The Labute approximate surface area is 203 Å². The van der Waals surface area contributed by atoms with Crippen molar-refractivity contribution in [3.63, 3.8) is 0 Å². The van der Waals surface area contributed by atoms with Gasteiger partial charge in [-0.05, 0) is 60.0 Å². The number of benzene rings is 2. The third-order valence-electron chi connectivity index (χ3n) is 5.39. The Morgan fingerprint density at radius 2 is 1.97 bits per heavy atom. The summed E-state index contributed by atoms with van der Waals surface area (Å²) in [5.41, 5.74) is 2.67. The van der Waals surface area contributed by atoms with Crippen LogP contribution < -0.4 is 20.5 Å². The fourth-order valence-corrected chi connectivity index (χ4v) is 3.58. The number of methoxy groups -OCH3 is 1. The summed E-state index contributed by atoms with van der Waals surface area (Å²) < 4.78 is 14.1. The molecule has 1 N–H and O–H groups in total. The van der Waals surface area contributed by atoms with E-state index in [1.807, 2.05) is 42.5 Å². The molecule has 4 rings (SSSR count). The van der Waals surface area contributed by atoms with Gasteiger partial charge in [0.2, 0.25) is 5.91 Å². The van der Waals surface area contributed by atoms with E-state index in [9.17, 15) is 9.59 Å². The van der Waals surface area contributed by atoms with Gasteiger partial charge >= 0.3 is 5.69 Å². The lowest BCUT2D eigenvalue weighted by Crippen LogP contribution is -2.21. The lowest BCUT2D eigenvalue weighted by atomic mass is 10.1. The maximum Gasteiger partial charge on any atom is 0.350 e. The van der Waals surface area contributed by atoms with Crippen LogP contribution in [-0.4, -0.2) is 33.8 Å². The van der Waals surface area contributed by atoms with E-state index in [-0.39, 0.29) is 11.6 Å². The molecule has 180 valence electrons. The molecule has 2 aromatic carbocycles. The Kier molecular flexibility index (Phi) is 7.62. The Balaban J connectivity index is 1.40. The van der Waals surface area contributed by atoms with Gasteiger partial charge in [0.25, 0.3) is 0 Å². The Morgan fingerprint density at radius 1 is 1.09 bits per heavy atom. The highest BCUT2D eigenvalue weighted by Crippen LogP contribution is 2.28. The van der Waals surface area contributed by atoms with E-state index in [1.165, 1.54) is 15.2 Å². The van der Waals surface area contributed by atoms with E-state index in [1.54, 1.807) is 37.6 Å². The summed E-state index contributed by atoms with van der Waals surface area (Å²) in [6.07, 6.45) is 6.90. The lowest BCUT2D eigenvalue weighted by Gasteiger charge is -2.11. The number of hydrogen-bond acceptors (Lipinski definition) is 5. The van der Waals surface area contributed by atoms with E-state index in [0.717, 1.165) is 24.0 Å². The number of ether oxygens (including phenoxy) is 2. The van der Waals surface area contributed by atoms with Crippen molar-refractivity contribution in [2.24, 2.45) is 0 Å². The van der Waals surface area contributed by atoms with Gasteiger partial charge in [-0.15, -0.1) is 5.10 Å². The van der Waals surface area contributed by atoms with Gasteiger partial charge in [-0.1, -0.05) is 37.6 Å². The van der Waals surface area contributed by atoms with Gasteiger partial charge in [-0.3, -0.25) is 9.20 Å². The minimum absolute atomic E-state index is 0.213. The molecule has 8 nitrogen and oxygen atoms in total. The molecule has 0 unspecified atom stereocenters. The van der Waals surface area contributed by atoms with Crippen LogP contribution in [0, 0.1) is 0 Å². The number of pyridine rings is 1. The molecule has 0 spiro atoms. The predicted molar refractivity (Wildman–Crippen MR) is 136 cm³/mol. The molecule has 35 heavy (non-hydrogen) atoms.